The highest BCUT2D eigenvalue weighted by molar-refractivity contribution is 6.39. The standard InChI is InChI=1S/C20H23N3O4/c1-14(2)13-27-17-9-7-15(8-10-17)12-21-23-20(25)19(24)22-16-5-4-6-18(11-16)26-3/h4-12,14H,13H2,1-3H3,(H,22,24)(H,23,25)/b21-12-. The molecule has 0 aromatic heterocycles. The lowest BCUT2D eigenvalue weighted by Crippen LogP contribution is -2.32. The quantitative estimate of drug-likeness (QED) is 0.446. The first kappa shape index (κ1) is 20.0. The molecular formula is C20H23N3O4. The van der Waals surface area contributed by atoms with Crippen molar-refractivity contribution in [1.29, 1.82) is 0 Å². The maximum atomic E-state index is 11.9. The maximum Gasteiger partial charge on any atom is 0.329 e. The summed E-state index contributed by atoms with van der Waals surface area (Å²) in [5.74, 6) is 0.1000. The number of rotatable bonds is 7. The van der Waals surface area contributed by atoms with Crippen LogP contribution in [-0.4, -0.2) is 31.7 Å². The van der Waals surface area contributed by atoms with Crippen LogP contribution in [0.25, 0.3) is 0 Å². The van der Waals surface area contributed by atoms with Crippen molar-refractivity contribution >= 4 is 23.7 Å². The molecule has 0 aliphatic carbocycles. The smallest absolute Gasteiger partial charge is 0.329 e. The molecule has 2 amide bonds. The number of benzene rings is 2. The van der Waals surface area contributed by atoms with E-state index in [1.807, 2.05) is 24.3 Å². The molecule has 0 heterocycles. The Hall–Kier alpha value is -3.35. The summed E-state index contributed by atoms with van der Waals surface area (Å²) in [6.45, 7) is 4.80. The molecule has 2 rings (SSSR count). The van der Waals surface area contributed by atoms with Crippen molar-refractivity contribution in [2.45, 2.75) is 13.8 Å². The van der Waals surface area contributed by atoms with E-state index in [4.69, 9.17) is 9.47 Å². The molecule has 0 bridgehead atoms. The summed E-state index contributed by atoms with van der Waals surface area (Å²) in [5.41, 5.74) is 3.41. The predicted octanol–water partition coefficient (Wildman–Crippen LogP) is 2.82. The highest BCUT2D eigenvalue weighted by Crippen LogP contribution is 2.16. The van der Waals surface area contributed by atoms with E-state index in [2.05, 4.69) is 29.7 Å². The van der Waals surface area contributed by atoms with Crippen LogP contribution in [-0.2, 0) is 9.59 Å². The van der Waals surface area contributed by atoms with Crippen LogP contribution in [0.4, 0.5) is 5.69 Å². The molecule has 0 radical (unpaired) electrons. The Kier molecular flexibility index (Phi) is 7.37. The van der Waals surface area contributed by atoms with Gasteiger partial charge in [-0.3, -0.25) is 9.59 Å². The zero-order chi connectivity index (χ0) is 19.6. The van der Waals surface area contributed by atoms with E-state index < -0.39 is 11.8 Å². The third kappa shape index (κ3) is 6.81. The Morgan fingerprint density at radius 3 is 2.48 bits per heavy atom. The second kappa shape index (κ2) is 9.96. The second-order valence-electron chi connectivity index (χ2n) is 6.16. The molecule has 0 saturated heterocycles. The maximum absolute atomic E-state index is 11.9. The molecule has 2 aromatic carbocycles. The third-order valence-corrected chi connectivity index (χ3v) is 3.38. The Labute approximate surface area is 158 Å². The van der Waals surface area contributed by atoms with Gasteiger partial charge in [0.1, 0.15) is 11.5 Å². The van der Waals surface area contributed by atoms with Crippen LogP contribution in [0.3, 0.4) is 0 Å². The van der Waals surface area contributed by atoms with Gasteiger partial charge in [-0.05, 0) is 47.9 Å². The van der Waals surface area contributed by atoms with Crippen LogP contribution < -0.4 is 20.2 Å². The SMILES string of the molecule is COc1cccc(NC(=O)C(=O)N/N=C\c2ccc(OCC(C)C)cc2)c1. The fourth-order valence-corrected chi connectivity index (χ4v) is 2.02. The highest BCUT2D eigenvalue weighted by Gasteiger charge is 2.13. The summed E-state index contributed by atoms with van der Waals surface area (Å²) in [5, 5.41) is 6.27. The zero-order valence-electron chi connectivity index (χ0n) is 15.6. The number of nitrogens with zero attached hydrogens (tertiary/aromatic N) is 1. The number of anilines is 1. The average molecular weight is 369 g/mol. The van der Waals surface area contributed by atoms with Crippen molar-refractivity contribution in [2.75, 3.05) is 19.0 Å². The number of hydrogen-bond donors (Lipinski definition) is 2. The molecule has 0 atom stereocenters. The van der Waals surface area contributed by atoms with E-state index in [1.54, 1.807) is 24.3 Å². The average Bonchev–Trinajstić information content (AvgIpc) is 2.67. The molecule has 0 spiro atoms. The Balaban J connectivity index is 1.83. The molecule has 7 nitrogen and oxygen atoms in total. The number of amides is 2. The minimum atomic E-state index is -0.869. The molecule has 7 heteroatoms. The summed E-state index contributed by atoms with van der Waals surface area (Å²) >= 11 is 0. The van der Waals surface area contributed by atoms with Crippen molar-refractivity contribution in [2.24, 2.45) is 11.0 Å². The number of carbonyl (C=O) groups is 2. The van der Waals surface area contributed by atoms with Crippen LogP contribution in [0.5, 0.6) is 11.5 Å². The molecule has 0 aliphatic heterocycles. The van der Waals surface area contributed by atoms with Gasteiger partial charge < -0.3 is 14.8 Å². The van der Waals surface area contributed by atoms with Crippen LogP contribution >= 0.6 is 0 Å². The normalized spacial score (nSPS) is 10.7. The fraction of sp³-hybridized carbons (Fsp3) is 0.250. The van der Waals surface area contributed by atoms with Gasteiger partial charge in [-0.2, -0.15) is 5.10 Å². The Morgan fingerprint density at radius 1 is 1.07 bits per heavy atom. The van der Waals surface area contributed by atoms with Crippen molar-refractivity contribution in [1.82, 2.24) is 5.43 Å². The summed E-state index contributed by atoms with van der Waals surface area (Å²) in [7, 11) is 1.52. The van der Waals surface area contributed by atoms with Crippen LogP contribution in [0.2, 0.25) is 0 Å². The predicted molar refractivity (Wildman–Crippen MR) is 104 cm³/mol. The molecule has 27 heavy (non-hydrogen) atoms. The molecule has 0 saturated carbocycles. The lowest BCUT2D eigenvalue weighted by atomic mass is 10.2. The highest BCUT2D eigenvalue weighted by atomic mass is 16.5. The summed E-state index contributed by atoms with van der Waals surface area (Å²) in [6, 6.07) is 14.0. The zero-order valence-corrected chi connectivity index (χ0v) is 15.6. The van der Waals surface area contributed by atoms with Gasteiger partial charge in [0.25, 0.3) is 0 Å². The topological polar surface area (TPSA) is 89.0 Å². The van der Waals surface area contributed by atoms with E-state index in [0.29, 0.717) is 24.0 Å². The van der Waals surface area contributed by atoms with Crippen molar-refractivity contribution in [3.63, 3.8) is 0 Å². The minimum Gasteiger partial charge on any atom is -0.497 e. The van der Waals surface area contributed by atoms with Gasteiger partial charge in [0.05, 0.1) is 19.9 Å². The van der Waals surface area contributed by atoms with Gasteiger partial charge in [0, 0.05) is 11.8 Å². The number of ether oxygens (including phenoxy) is 2. The molecule has 2 aromatic rings. The first-order chi connectivity index (χ1) is 13.0. The number of hydrazone groups is 1. The monoisotopic (exact) mass is 369 g/mol. The number of methoxy groups -OCH3 is 1. The molecule has 0 unspecified atom stereocenters. The van der Waals surface area contributed by atoms with Crippen LogP contribution in [0.1, 0.15) is 19.4 Å². The molecule has 0 aliphatic rings. The van der Waals surface area contributed by atoms with Crippen molar-refractivity contribution < 1.29 is 19.1 Å². The van der Waals surface area contributed by atoms with Gasteiger partial charge in [-0.1, -0.05) is 19.9 Å². The largest absolute Gasteiger partial charge is 0.497 e. The van der Waals surface area contributed by atoms with Gasteiger partial charge in [0.2, 0.25) is 0 Å². The van der Waals surface area contributed by atoms with Gasteiger partial charge in [0.15, 0.2) is 0 Å². The Bertz CT molecular complexity index is 801. The van der Waals surface area contributed by atoms with Crippen LogP contribution in [0, 0.1) is 5.92 Å². The first-order valence-electron chi connectivity index (χ1n) is 8.49. The lowest BCUT2D eigenvalue weighted by molar-refractivity contribution is -0.136. The molecule has 2 N–H and O–H groups in total. The van der Waals surface area contributed by atoms with Gasteiger partial charge in [-0.25, -0.2) is 5.43 Å². The van der Waals surface area contributed by atoms with E-state index in [0.717, 1.165) is 11.3 Å². The summed E-state index contributed by atoms with van der Waals surface area (Å²) in [6.07, 6.45) is 1.45. The lowest BCUT2D eigenvalue weighted by Gasteiger charge is -2.08. The van der Waals surface area contributed by atoms with E-state index in [-0.39, 0.29) is 0 Å². The fourth-order valence-electron chi connectivity index (χ4n) is 2.02. The number of hydrogen-bond acceptors (Lipinski definition) is 5. The molecule has 0 fully saturated rings. The van der Waals surface area contributed by atoms with E-state index in [9.17, 15) is 9.59 Å². The minimum absolute atomic E-state index is 0.449. The number of nitrogens with one attached hydrogen (secondary N) is 2. The van der Waals surface area contributed by atoms with E-state index in [1.165, 1.54) is 13.3 Å². The molecule has 142 valence electrons. The van der Waals surface area contributed by atoms with Gasteiger partial charge >= 0.3 is 11.8 Å². The van der Waals surface area contributed by atoms with Crippen LogP contribution in [0.15, 0.2) is 53.6 Å². The second-order valence-corrected chi connectivity index (χ2v) is 6.16. The first-order valence-corrected chi connectivity index (χ1v) is 8.49. The van der Waals surface area contributed by atoms with Crippen molar-refractivity contribution in [3.8, 4) is 11.5 Å². The summed E-state index contributed by atoms with van der Waals surface area (Å²) < 4.78 is 10.7. The summed E-state index contributed by atoms with van der Waals surface area (Å²) in [4.78, 5) is 23.7. The third-order valence-electron chi connectivity index (χ3n) is 3.38. The van der Waals surface area contributed by atoms with Gasteiger partial charge in [-0.15, -0.1) is 0 Å². The van der Waals surface area contributed by atoms with Crippen molar-refractivity contribution in [3.05, 3.63) is 54.1 Å². The molecular weight excluding hydrogens is 346 g/mol. The Morgan fingerprint density at radius 2 is 1.81 bits per heavy atom. The van der Waals surface area contributed by atoms with E-state index >= 15 is 0 Å². The number of carbonyl (C=O) groups excluding carboxylic acids is 2.